The highest BCUT2D eigenvalue weighted by molar-refractivity contribution is 6.06. The van der Waals surface area contributed by atoms with Gasteiger partial charge in [-0.1, -0.05) is 61.9 Å². The minimum Gasteiger partial charge on any atom is -0.489 e. The van der Waals surface area contributed by atoms with Crippen molar-refractivity contribution in [1.29, 1.82) is 0 Å². The second-order valence-corrected chi connectivity index (χ2v) is 8.25. The van der Waals surface area contributed by atoms with E-state index in [1.807, 2.05) is 67.6 Å². The van der Waals surface area contributed by atoms with Crippen molar-refractivity contribution in [3.63, 3.8) is 0 Å². The quantitative estimate of drug-likeness (QED) is 0.349. The number of nitrogens with two attached hydrogens (primary N) is 1. The standard InChI is InChI=1S/C27H28N4O5/c1-2-3-15-30-24(28)22(25(32)29-27(30)34)31(17-19-10-6-4-7-11-19)26(33)23-20(14-16-35-23)18-36-21-12-8-5-9-13-21/h4-14,16H,2-3,15,17-18,28H2,1H3,(H,29,32,34). The molecule has 4 aromatic rings. The highest BCUT2D eigenvalue weighted by atomic mass is 16.5. The Morgan fingerprint density at radius 3 is 2.44 bits per heavy atom. The summed E-state index contributed by atoms with van der Waals surface area (Å²) in [6.07, 6.45) is 2.90. The van der Waals surface area contributed by atoms with E-state index in [4.69, 9.17) is 14.9 Å². The molecule has 0 radical (unpaired) electrons. The average molecular weight is 489 g/mol. The number of nitrogens with one attached hydrogen (secondary N) is 1. The van der Waals surface area contributed by atoms with Gasteiger partial charge in [0.1, 0.15) is 18.2 Å². The summed E-state index contributed by atoms with van der Waals surface area (Å²) in [7, 11) is 0. The number of amides is 1. The van der Waals surface area contributed by atoms with Crippen LogP contribution in [0, 0.1) is 0 Å². The number of hydrogen-bond donors (Lipinski definition) is 2. The maximum absolute atomic E-state index is 13.8. The average Bonchev–Trinajstić information content (AvgIpc) is 3.36. The number of benzene rings is 2. The molecule has 4 rings (SSSR count). The zero-order chi connectivity index (χ0) is 25.5. The number of nitrogen functional groups attached to an aromatic ring is 1. The Hall–Kier alpha value is -4.53. The zero-order valence-electron chi connectivity index (χ0n) is 20.0. The number of rotatable bonds is 10. The van der Waals surface area contributed by atoms with E-state index in [-0.39, 0.29) is 30.4 Å². The Labute approximate surface area is 207 Å². The summed E-state index contributed by atoms with van der Waals surface area (Å²) in [5, 5.41) is 0. The number of carbonyl (C=O) groups is 1. The van der Waals surface area contributed by atoms with Crippen molar-refractivity contribution >= 4 is 17.4 Å². The predicted octanol–water partition coefficient (Wildman–Crippen LogP) is 3.94. The van der Waals surface area contributed by atoms with Gasteiger partial charge in [-0.2, -0.15) is 0 Å². The van der Waals surface area contributed by atoms with Gasteiger partial charge in [-0.15, -0.1) is 0 Å². The Bertz CT molecular complexity index is 1420. The number of H-pyrrole nitrogens is 1. The molecule has 0 bridgehead atoms. The van der Waals surface area contributed by atoms with E-state index in [9.17, 15) is 14.4 Å². The van der Waals surface area contributed by atoms with Gasteiger partial charge >= 0.3 is 5.69 Å². The molecule has 0 aliphatic heterocycles. The monoisotopic (exact) mass is 488 g/mol. The van der Waals surface area contributed by atoms with Gasteiger partial charge in [-0.3, -0.25) is 24.0 Å². The lowest BCUT2D eigenvalue weighted by atomic mass is 10.1. The van der Waals surface area contributed by atoms with Crippen LogP contribution in [0.2, 0.25) is 0 Å². The fraction of sp³-hybridized carbons (Fsp3) is 0.222. The molecule has 0 aliphatic rings. The number of aromatic nitrogens is 2. The molecule has 9 nitrogen and oxygen atoms in total. The normalized spacial score (nSPS) is 10.8. The lowest BCUT2D eigenvalue weighted by Gasteiger charge is -2.24. The van der Waals surface area contributed by atoms with Crippen molar-refractivity contribution in [2.75, 3.05) is 10.6 Å². The van der Waals surface area contributed by atoms with Crippen molar-refractivity contribution in [1.82, 2.24) is 9.55 Å². The van der Waals surface area contributed by atoms with Crippen LogP contribution in [0.25, 0.3) is 0 Å². The van der Waals surface area contributed by atoms with Gasteiger partial charge in [-0.25, -0.2) is 4.79 Å². The first kappa shape index (κ1) is 24.6. The maximum Gasteiger partial charge on any atom is 0.330 e. The summed E-state index contributed by atoms with van der Waals surface area (Å²) in [4.78, 5) is 42.8. The zero-order valence-corrected chi connectivity index (χ0v) is 20.0. The molecule has 0 unspecified atom stereocenters. The number of anilines is 2. The molecule has 0 spiro atoms. The van der Waals surface area contributed by atoms with E-state index in [0.29, 0.717) is 24.3 Å². The molecule has 0 saturated carbocycles. The fourth-order valence-electron chi connectivity index (χ4n) is 3.83. The molecule has 0 fully saturated rings. The summed E-state index contributed by atoms with van der Waals surface area (Å²) in [5.74, 6) is 0.0115. The SMILES string of the molecule is CCCCn1c(N)c(N(Cc2ccccc2)C(=O)c2occc2COc2ccccc2)c(=O)[nH]c1=O. The van der Waals surface area contributed by atoms with Gasteiger partial charge in [0.15, 0.2) is 11.4 Å². The Balaban J connectivity index is 1.74. The lowest BCUT2D eigenvalue weighted by Crippen LogP contribution is -2.41. The minimum atomic E-state index is -0.747. The van der Waals surface area contributed by atoms with E-state index in [0.717, 1.165) is 12.0 Å². The van der Waals surface area contributed by atoms with Crippen LogP contribution in [0.15, 0.2) is 87.0 Å². The summed E-state index contributed by atoms with van der Waals surface area (Å²) in [6.45, 7) is 2.42. The highest BCUT2D eigenvalue weighted by Gasteiger charge is 2.29. The second-order valence-electron chi connectivity index (χ2n) is 8.25. The summed E-state index contributed by atoms with van der Waals surface area (Å²) >= 11 is 0. The number of unbranched alkanes of at least 4 members (excludes halogenated alkanes) is 1. The Kier molecular flexibility index (Phi) is 7.69. The van der Waals surface area contributed by atoms with Crippen LogP contribution in [0.5, 0.6) is 5.75 Å². The Morgan fingerprint density at radius 2 is 1.75 bits per heavy atom. The van der Waals surface area contributed by atoms with Crippen molar-refractivity contribution < 1.29 is 13.9 Å². The van der Waals surface area contributed by atoms with Gasteiger partial charge in [0.2, 0.25) is 0 Å². The number of carbonyl (C=O) groups excluding carboxylic acids is 1. The van der Waals surface area contributed by atoms with Crippen molar-refractivity contribution in [2.45, 2.75) is 39.5 Å². The van der Waals surface area contributed by atoms with Gasteiger partial charge in [-0.05, 0) is 30.2 Å². The lowest BCUT2D eigenvalue weighted by molar-refractivity contribution is 0.0954. The molecule has 0 aliphatic carbocycles. The second kappa shape index (κ2) is 11.3. The molecular formula is C27H28N4O5. The molecule has 2 aromatic carbocycles. The van der Waals surface area contributed by atoms with Crippen molar-refractivity contribution in [3.05, 3.63) is 111 Å². The van der Waals surface area contributed by atoms with Crippen LogP contribution in [0.1, 0.15) is 41.4 Å². The third-order valence-electron chi connectivity index (χ3n) is 5.73. The number of aromatic amines is 1. The fourth-order valence-corrected chi connectivity index (χ4v) is 3.83. The number of furan rings is 1. The number of para-hydroxylation sites is 1. The van der Waals surface area contributed by atoms with Crippen LogP contribution in [0.3, 0.4) is 0 Å². The largest absolute Gasteiger partial charge is 0.489 e. The van der Waals surface area contributed by atoms with E-state index in [2.05, 4.69) is 4.98 Å². The van der Waals surface area contributed by atoms with E-state index in [1.165, 1.54) is 15.7 Å². The van der Waals surface area contributed by atoms with Crippen molar-refractivity contribution in [2.24, 2.45) is 0 Å². The van der Waals surface area contributed by atoms with E-state index >= 15 is 0 Å². The third kappa shape index (κ3) is 5.41. The van der Waals surface area contributed by atoms with E-state index < -0.39 is 17.2 Å². The van der Waals surface area contributed by atoms with Crippen LogP contribution >= 0.6 is 0 Å². The molecule has 1 amide bonds. The first-order chi connectivity index (χ1) is 17.5. The molecule has 9 heteroatoms. The minimum absolute atomic E-state index is 0.0203. The van der Waals surface area contributed by atoms with Crippen LogP contribution in [-0.4, -0.2) is 15.5 Å². The first-order valence-corrected chi connectivity index (χ1v) is 11.7. The van der Waals surface area contributed by atoms with Crippen LogP contribution in [0.4, 0.5) is 11.5 Å². The topological polar surface area (TPSA) is 124 Å². The maximum atomic E-state index is 13.8. The first-order valence-electron chi connectivity index (χ1n) is 11.7. The highest BCUT2D eigenvalue weighted by Crippen LogP contribution is 2.25. The van der Waals surface area contributed by atoms with Gasteiger partial charge in [0.25, 0.3) is 11.5 Å². The molecular weight excluding hydrogens is 460 g/mol. The number of ether oxygens (including phenoxy) is 1. The summed E-state index contributed by atoms with van der Waals surface area (Å²) < 4.78 is 12.6. The molecule has 0 atom stereocenters. The molecule has 36 heavy (non-hydrogen) atoms. The third-order valence-corrected chi connectivity index (χ3v) is 5.73. The number of hydrogen-bond acceptors (Lipinski definition) is 6. The molecule has 2 heterocycles. The van der Waals surface area contributed by atoms with Gasteiger partial charge in [0.05, 0.1) is 12.8 Å². The summed E-state index contributed by atoms with van der Waals surface area (Å²) in [6, 6.07) is 20.0. The van der Waals surface area contributed by atoms with Crippen molar-refractivity contribution in [3.8, 4) is 5.75 Å². The molecule has 3 N–H and O–H groups in total. The van der Waals surface area contributed by atoms with E-state index in [1.54, 1.807) is 6.07 Å². The molecule has 186 valence electrons. The predicted molar refractivity (Wildman–Crippen MR) is 137 cm³/mol. The Morgan fingerprint density at radius 1 is 1.06 bits per heavy atom. The molecule has 2 aromatic heterocycles. The molecule has 0 saturated heterocycles. The smallest absolute Gasteiger partial charge is 0.330 e. The summed E-state index contributed by atoms with van der Waals surface area (Å²) in [5.41, 5.74) is 6.15. The number of nitrogens with zero attached hydrogens (tertiary/aromatic N) is 2. The van der Waals surface area contributed by atoms with Gasteiger partial charge in [0, 0.05) is 12.1 Å². The van der Waals surface area contributed by atoms with Crippen LogP contribution < -0.4 is 26.6 Å². The van der Waals surface area contributed by atoms with Crippen LogP contribution in [-0.2, 0) is 19.7 Å². The van der Waals surface area contributed by atoms with Gasteiger partial charge < -0.3 is 14.9 Å².